The van der Waals surface area contributed by atoms with Crippen LogP contribution in [0.25, 0.3) is 0 Å². The molecule has 2 rings (SSSR count). The zero-order valence-electron chi connectivity index (χ0n) is 10.0. The third-order valence-corrected chi connectivity index (χ3v) is 2.64. The average Bonchev–Trinajstić information content (AvgIpc) is 2.57. The van der Waals surface area contributed by atoms with Crippen molar-refractivity contribution < 1.29 is 34.2 Å². The number of aromatic nitrogens is 2. The predicted octanol–water partition coefficient (Wildman–Crippen LogP) is -2.11. The molecule has 0 aliphatic carbocycles. The number of nitrogens with two attached hydrogens (primary N) is 1. The van der Waals surface area contributed by atoms with E-state index in [1.54, 1.807) is 0 Å². The van der Waals surface area contributed by atoms with Crippen LogP contribution in [0.3, 0.4) is 0 Å². The van der Waals surface area contributed by atoms with Crippen molar-refractivity contribution in [1.29, 1.82) is 0 Å². The van der Waals surface area contributed by atoms with E-state index in [9.17, 15) is 15.0 Å². The summed E-state index contributed by atoms with van der Waals surface area (Å²) in [6.45, 7) is -0.453. The van der Waals surface area contributed by atoms with Gasteiger partial charge in [-0.3, -0.25) is 18.7 Å². The normalized spacial score (nSPS) is 27.9. The summed E-state index contributed by atoms with van der Waals surface area (Å²) in [5.74, 6) is 0.0537. The van der Waals surface area contributed by atoms with Gasteiger partial charge in [-0.25, -0.2) is 4.79 Å². The standard InChI is InChI=1S/C9H13N3O5.3FH/c10-5-1-2-12(9(16)11-5)8-7(15)6(14)4(3-13)17-8;;;/h1-2,4,6-8,13-15H,3H2,(H2,10,11,16);3*1H/t4-,6-,7-,8-;;;/m1.../s1. The predicted molar refractivity (Wildman–Crippen MR) is 63.4 cm³/mol. The van der Waals surface area contributed by atoms with E-state index in [1.165, 1.54) is 12.3 Å². The van der Waals surface area contributed by atoms with Crippen molar-refractivity contribution in [3.8, 4) is 0 Å². The van der Waals surface area contributed by atoms with Crippen LogP contribution in [0.2, 0.25) is 0 Å². The summed E-state index contributed by atoms with van der Waals surface area (Å²) < 4.78 is 6.19. The number of nitrogen functional groups attached to an aromatic ring is 1. The van der Waals surface area contributed by atoms with Gasteiger partial charge in [-0.2, -0.15) is 4.98 Å². The van der Waals surface area contributed by atoms with Gasteiger partial charge in [0.2, 0.25) is 0 Å². The Morgan fingerprint density at radius 1 is 1.30 bits per heavy atom. The van der Waals surface area contributed by atoms with Gasteiger partial charge in [0.05, 0.1) is 6.61 Å². The van der Waals surface area contributed by atoms with E-state index in [-0.39, 0.29) is 19.9 Å². The fourth-order valence-corrected chi connectivity index (χ4v) is 1.73. The molecule has 1 aromatic rings. The zero-order chi connectivity index (χ0) is 12.6. The molecule has 0 amide bonds. The molecule has 1 fully saturated rings. The number of aliphatic hydroxyl groups excluding tert-OH is 3. The van der Waals surface area contributed by atoms with Gasteiger partial charge < -0.3 is 25.8 Å². The Bertz CT molecular complexity index is 474. The van der Waals surface area contributed by atoms with Crippen molar-refractivity contribution in [2.24, 2.45) is 0 Å². The molecule has 0 spiro atoms. The van der Waals surface area contributed by atoms with Crippen molar-refractivity contribution in [1.82, 2.24) is 9.55 Å². The Balaban J connectivity index is 0. The van der Waals surface area contributed by atoms with Crippen molar-refractivity contribution in [3.63, 3.8) is 0 Å². The highest BCUT2D eigenvalue weighted by atomic mass is 19.0. The van der Waals surface area contributed by atoms with Crippen LogP contribution in [0, 0.1) is 0 Å². The maximum atomic E-state index is 11.5. The molecule has 1 aliphatic rings. The average molecular weight is 303 g/mol. The summed E-state index contributed by atoms with van der Waals surface area (Å²) in [5.41, 5.74) is 4.63. The molecule has 1 saturated heterocycles. The quantitative estimate of drug-likeness (QED) is 0.492. The molecule has 0 aromatic carbocycles. The maximum Gasteiger partial charge on any atom is 0.351 e. The first kappa shape index (κ1) is 20.6. The topological polar surface area (TPSA) is 131 Å². The summed E-state index contributed by atoms with van der Waals surface area (Å²) in [6, 6.07) is 1.37. The molecular weight excluding hydrogens is 287 g/mol. The molecule has 2 heterocycles. The van der Waals surface area contributed by atoms with Crippen LogP contribution in [0.15, 0.2) is 17.1 Å². The molecule has 1 aliphatic heterocycles. The molecule has 0 unspecified atom stereocenters. The Kier molecular flexibility index (Phi) is 8.03. The second-order valence-corrected chi connectivity index (χ2v) is 3.77. The smallest absolute Gasteiger partial charge is 0.351 e. The highest BCUT2D eigenvalue weighted by molar-refractivity contribution is 5.23. The molecule has 4 atom stereocenters. The lowest BCUT2D eigenvalue weighted by molar-refractivity contribution is -0.0549. The van der Waals surface area contributed by atoms with E-state index in [2.05, 4.69) is 4.98 Å². The summed E-state index contributed by atoms with van der Waals surface area (Å²) in [4.78, 5) is 15.0. The van der Waals surface area contributed by atoms with Crippen LogP contribution in [-0.4, -0.2) is 49.8 Å². The van der Waals surface area contributed by atoms with Gasteiger partial charge in [0.1, 0.15) is 24.1 Å². The SMILES string of the molecule is F.F.F.Nc1ccn([C@@H]2O[C@H](CO)[C@@H](O)[C@H]2O)c(=O)n1. The largest absolute Gasteiger partial charge is 0.394 e. The minimum atomic E-state index is -1.31. The van der Waals surface area contributed by atoms with Gasteiger partial charge in [-0.1, -0.05) is 0 Å². The second-order valence-electron chi connectivity index (χ2n) is 3.77. The third kappa shape index (κ3) is 3.45. The van der Waals surface area contributed by atoms with Crippen molar-refractivity contribution in [2.75, 3.05) is 12.3 Å². The first-order chi connectivity index (χ1) is 8.04. The second kappa shape index (κ2) is 7.79. The molecule has 8 nitrogen and oxygen atoms in total. The molecule has 5 N–H and O–H groups in total. The van der Waals surface area contributed by atoms with Gasteiger partial charge in [0, 0.05) is 6.20 Å². The molecule has 0 bridgehead atoms. The highest BCUT2D eigenvalue weighted by Crippen LogP contribution is 2.27. The molecule has 0 radical (unpaired) electrons. The number of ether oxygens (including phenoxy) is 1. The Hall–Kier alpha value is -1.69. The summed E-state index contributed by atoms with van der Waals surface area (Å²) in [6.07, 6.45) is -3.27. The lowest BCUT2D eigenvalue weighted by atomic mass is 10.1. The monoisotopic (exact) mass is 303 g/mol. The molecule has 11 heteroatoms. The van der Waals surface area contributed by atoms with Gasteiger partial charge in [0.15, 0.2) is 6.23 Å². The number of hydrogen-bond acceptors (Lipinski definition) is 7. The van der Waals surface area contributed by atoms with E-state index in [0.29, 0.717) is 0 Å². The number of anilines is 1. The first-order valence-electron chi connectivity index (χ1n) is 5.01. The van der Waals surface area contributed by atoms with Crippen LogP contribution < -0.4 is 11.4 Å². The Morgan fingerprint density at radius 2 is 1.90 bits per heavy atom. The van der Waals surface area contributed by atoms with Crippen LogP contribution in [0.1, 0.15) is 6.23 Å². The molecular formula is C9H16F3N3O5. The maximum absolute atomic E-state index is 11.5. The molecule has 1 aromatic heterocycles. The van der Waals surface area contributed by atoms with Crippen molar-refractivity contribution >= 4 is 5.82 Å². The Labute approximate surface area is 110 Å². The van der Waals surface area contributed by atoms with E-state index in [0.717, 1.165) is 4.57 Å². The van der Waals surface area contributed by atoms with Gasteiger partial charge in [-0.05, 0) is 6.07 Å². The zero-order valence-corrected chi connectivity index (χ0v) is 10.0. The van der Waals surface area contributed by atoms with E-state index >= 15 is 0 Å². The summed E-state index contributed by atoms with van der Waals surface area (Å²) >= 11 is 0. The fourth-order valence-electron chi connectivity index (χ4n) is 1.73. The molecule has 0 saturated carbocycles. The molecule has 118 valence electrons. The minimum Gasteiger partial charge on any atom is -0.394 e. The van der Waals surface area contributed by atoms with E-state index in [1.807, 2.05) is 0 Å². The molecule has 20 heavy (non-hydrogen) atoms. The number of nitrogens with zero attached hydrogens (tertiary/aromatic N) is 2. The lowest BCUT2D eigenvalue weighted by Crippen LogP contribution is -2.36. The third-order valence-electron chi connectivity index (χ3n) is 2.64. The number of halogens is 3. The van der Waals surface area contributed by atoms with Crippen molar-refractivity contribution in [2.45, 2.75) is 24.5 Å². The minimum absolute atomic E-state index is 0. The van der Waals surface area contributed by atoms with Gasteiger partial charge in [-0.15, -0.1) is 0 Å². The first-order valence-corrected chi connectivity index (χ1v) is 5.01. The van der Waals surface area contributed by atoms with Crippen LogP contribution >= 0.6 is 0 Å². The highest BCUT2D eigenvalue weighted by Gasteiger charge is 2.43. The summed E-state index contributed by atoms with van der Waals surface area (Å²) in [5, 5.41) is 28.2. The summed E-state index contributed by atoms with van der Waals surface area (Å²) in [7, 11) is 0. The van der Waals surface area contributed by atoms with Crippen LogP contribution in [0.5, 0.6) is 0 Å². The lowest BCUT2D eigenvalue weighted by Gasteiger charge is -2.16. The van der Waals surface area contributed by atoms with E-state index < -0.39 is 36.8 Å². The van der Waals surface area contributed by atoms with Crippen LogP contribution in [-0.2, 0) is 4.74 Å². The number of aliphatic hydroxyl groups is 3. The van der Waals surface area contributed by atoms with Gasteiger partial charge >= 0.3 is 5.69 Å². The number of hydrogen-bond donors (Lipinski definition) is 4. The van der Waals surface area contributed by atoms with E-state index in [4.69, 9.17) is 15.6 Å². The van der Waals surface area contributed by atoms with Gasteiger partial charge in [0.25, 0.3) is 0 Å². The van der Waals surface area contributed by atoms with Crippen LogP contribution in [0.4, 0.5) is 19.9 Å². The van der Waals surface area contributed by atoms with Crippen molar-refractivity contribution in [3.05, 3.63) is 22.7 Å². The Morgan fingerprint density at radius 3 is 2.35 bits per heavy atom. The number of rotatable bonds is 2. The fraction of sp³-hybridized carbons (Fsp3) is 0.556.